The molecule has 2 fully saturated rings. The molecule has 0 radical (unpaired) electrons. The number of thiophene rings is 1. The zero-order chi connectivity index (χ0) is 55.1. The fourth-order valence-electron chi connectivity index (χ4n) is 11.1. The minimum absolute atomic E-state index is 0.0312. The molecule has 21 nitrogen and oxygen atoms in total. The number of aryl methyl sites for hydroxylation is 2. The highest BCUT2D eigenvalue weighted by atomic mass is 32.2. The molecule has 0 spiro atoms. The number of benzene rings is 1. The van der Waals surface area contributed by atoms with Gasteiger partial charge < -0.3 is 50.5 Å². The van der Waals surface area contributed by atoms with Crippen LogP contribution in [-0.2, 0) is 21.4 Å². The van der Waals surface area contributed by atoms with Gasteiger partial charge in [-0.2, -0.15) is 22.0 Å². The van der Waals surface area contributed by atoms with Crippen molar-refractivity contribution in [1.29, 1.82) is 5.26 Å². The number of hydrogen-bond acceptors (Lipinski definition) is 21. The van der Waals surface area contributed by atoms with Crippen LogP contribution in [0.5, 0.6) is 5.88 Å². The molecule has 1 aromatic carbocycles. The second-order valence-corrected chi connectivity index (χ2v) is 25.0. The lowest BCUT2D eigenvalue weighted by Gasteiger charge is -2.36. The zero-order valence-corrected chi connectivity index (χ0v) is 47.7. The topological polar surface area (TPSA) is 276 Å². The third-order valence-electron chi connectivity index (χ3n) is 15.2. The summed E-state index contributed by atoms with van der Waals surface area (Å²) in [6, 6.07) is 9.25. The number of aromatic nitrogens is 8. The molecule has 6 atom stereocenters. The molecule has 5 aromatic heterocycles. The number of nitrogens with two attached hydrogens (primary N) is 1. The van der Waals surface area contributed by atoms with Gasteiger partial charge in [0.05, 0.1) is 58.6 Å². The van der Waals surface area contributed by atoms with E-state index in [0.717, 1.165) is 110 Å². The number of β-amino-alcohol motifs (C(OH)–C–C–N with tert-alkyl or cyclic N) is 1. The van der Waals surface area contributed by atoms with Gasteiger partial charge in [0.2, 0.25) is 29.5 Å². The van der Waals surface area contributed by atoms with E-state index in [1.165, 1.54) is 20.9 Å². The predicted octanol–water partition coefficient (Wildman–Crippen LogP) is 5.94. The van der Waals surface area contributed by atoms with Crippen molar-refractivity contribution in [3.05, 3.63) is 81.4 Å². The number of likely N-dealkylation sites (tertiary alicyclic amines) is 1. The molecule has 3 aliphatic rings. The van der Waals surface area contributed by atoms with Crippen LogP contribution in [0.3, 0.4) is 0 Å². The van der Waals surface area contributed by atoms with Crippen LogP contribution in [0.2, 0.25) is 0 Å². The van der Waals surface area contributed by atoms with E-state index in [4.69, 9.17) is 25.0 Å². The molecule has 6 aromatic rings. The van der Waals surface area contributed by atoms with Crippen molar-refractivity contribution < 1.29 is 29.1 Å². The summed E-state index contributed by atoms with van der Waals surface area (Å²) in [6.45, 7) is 14.4. The summed E-state index contributed by atoms with van der Waals surface area (Å²) in [7, 11) is 1.90. The number of carbonyl (C=O) groups is 2. The van der Waals surface area contributed by atoms with Crippen LogP contribution in [0, 0.1) is 18.3 Å². The third kappa shape index (κ3) is 12.4. The van der Waals surface area contributed by atoms with Crippen LogP contribution in [0.25, 0.3) is 22.0 Å². The number of thiazole rings is 1. The van der Waals surface area contributed by atoms with Gasteiger partial charge in [-0.3, -0.25) is 9.59 Å². The molecule has 0 unspecified atom stereocenters. The molecule has 2 aliphatic heterocycles. The summed E-state index contributed by atoms with van der Waals surface area (Å²) < 4.78 is 12.9. The SMILES string of the molecule is CNCCCSC(C)(C)[C@@H](C(=O)N1C[C@H](O)C[C@H]1C(=O)N[C@@H](CO)c1ccc(-c2scnc2C)cc1)n1cc(OCCCCN2CCCN(c3nccc(-c4noc([C@@]5(C)CCCc6sc(N)c(C#N)c65)n4)n3)[C@@H](C)C2)nn1. The first kappa shape index (κ1) is 56.6. The highest BCUT2D eigenvalue weighted by Crippen LogP contribution is 2.49. The molecule has 0 bridgehead atoms. The monoisotopic (exact) mass is 1120 g/mol. The quantitative estimate of drug-likeness (QED) is 0.0492. The van der Waals surface area contributed by atoms with Crippen LogP contribution >= 0.6 is 34.4 Å². The van der Waals surface area contributed by atoms with Crippen molar-refractivity contribution in [1.82, 2.24) is 60.5 Å². The number of anilines is 2. The molecule has 7 heterocycles. The van der Waals surface area contributed by atoms with Gasteiger partial charge in [-0.05, 0) is 129 Å². The molecular formula is C54H71N15O6S3. The molecule has 6 N–H and O–H groups in total. The molecule has 2 saturated heterocycles. The lowest BCUT2D eigenvalue weighted by Crippen LogP contribution is -2.52. The van der Waals surface area contributed by atoms with Crippen molar-refractivity contribution in [2.45, 2.75) is 126 Å². The number of hydrogen-bond donors (Lipinski definition) is 5. The number of amides is 2. The van der Waals surface area contributed by atoms with Crippen molar-refractivity contribution in [2.75, 3.05) is 75.9 Å². The van der Waals surface area contributed by atoms with E-state index in [1.807, 2.05) is 52.1 Å². The average molecular weight is 1120 g/mol. The molecule has 9 rings (SSSR count). The second kappa shape index (κ2) is 24.9. The van der Waals surface area contributed by atoms with E-state index >= 15 is 0 Å². The summed E-state index contributed by atoms with van der Waals surface area (Å²) >= 11 is 4.65. The highest BCUT2D eigenvalue weighted by Gasteiger charge is 2.48. The van der Waals surface area contributed by atoms with Crippen LogP contribution in [0.1, 0.15) is 118 Å². The Bertz CT molecular complexity index is 3050. The molecule has 1 aliphatic carbocycles. The Morgan fingerprint density at radius 1 is 1.12 bits per heavy atom. The van der Waals surface area contributed by atoms with Gasteiger partial charge in [0, 0.05) is 53.5 Å². The van der Waals surface area contributed by atoms with Gasteiger partial charge in [0.15, 0.2) is 0 Å². The Morgan fingerprint density at radius 3 is 2.69 bits per heavy atom. The van der Waals surface area contributed by atoms with Crippen LogP contribution in [0.4, 0.5) is 10.9 Å². The summed E-state index contributed by atoms with van der Waals surface area (Å²) in [6.07, 6.45) is 8.52. The minimum Gasteiger partial charge on any atom is -0.475 e. The Morgan fingerprint density at radius 2 is 1.94 bits per heavy atom. The Balaban J connectivity index is 0.795. The fourth-order valence-corrected chi connectivity index (χ4v) is 14.3. The van der Waals surface area contributed by atoms with Gasteiger partial charge in [0.25, 0.3) is 5.88 Å². The van der Waals surface area contributed by atoms with Crippen molar-refractivity contribution >= 4 is 57.2 Å². The summed E-state index contributed by atoms with van der Waals surface area (Å²) in [5, 5.41) is 51.2. The van der Waals surface area contributed by atoms with Crippen LogP contribution in [-0.4, -0.2) is 160 Å². The number of nitrogens with one attached hydrogen (secondary N) is 2. The number of thioether (sulfide) groups is 1. The van der Waals surface area contributed by atoms with Crippen LogP contribution < -0.4 is 26.0 Å². The average Bonchev–Trinajstić information content (AvgIpc) is 4.37. The van der Waals surface area contributed by atoms with E-state index in [0.29, 0.717) is 52.0 Å². The van der Waals surface area contributed by atoms with Gasteiger partial charge in [-0.25, -0.2) is 19.6 Å². The van der Waals surface area contributed by atoms with Crippen molar-refractivity contribution in [3.63, 3.8) is 0 Å². The number of nitriles is 1. The number of unbranched alkanes of at least 4 members (excludes halogenated alkanes) is 1. The molecule has 24 heteroatoms. The molecule has 78 heavy (non-hydrogen) atoms. The standard InChI is InChI=1S/C54H71N15O6S3/c1-33-28-66(22-11-23-67(33)52-58-20-17-39(61-52)48-62-51(75-64-48)54(5)18-9-12-42-44(54)38(27-55)47(56)78-42)21-7-8-24-74-43-30-69(65-63-43)46(53(3,4)77-25-10-19-57-6)50(73)68-29-37(71)26-41(68)49(72)60-40(31-70)35-13-15-36(16-14-35)45-34(2)59-32-76-45/h13-17,20,30,32-33,37,40-41,46,57,70-71H,7-12,18-19,21-26,28-29,31,56H2,1-6H3,(H,60,72)/t33-,37+,40-,41-,46+,54-/m0/s1. The van der Waals surface area contributed by atoms with E-state index in [-0.39, 0.29) is 31.5 Å². The van der Waals surface area contributed by atoms with Gasteiger partial charge in [-0.1, -0.05) is 39.7 Å². The van der Waals surface area contributed by atoms with E-state index in [9.17, 15) is 25.1 Å². The number of fused-ring (bicyclic) bond motifs is 1. The first-order chi connectivity index (χ1) is 37.6. The predicted molar refractivity (Wildman–Crippen MR) is 301 cm³/mol. The third-order valence-corrected chi connectivity index (χ3v) is 18.7. The maximum Gasteiger partial charge on any atom is 0.253 e. The van der Waals surface area contributed by atoms with E-state index in [1.54, 1.807) is 47.1 Å². The largest absolute Gasteiger partial charge is 0.475 e. The van der Waals surface area contributed by atoms with E-state index in [2.05, 4.69) is 65.8 Å². The number of carbonyl (C=O) groups excluding carboxylic acids is 2. The molecule has 0 saturated carbocycles. The molecule has 2 amide bonds. The number of rotatable bonds is 22. The number of ether oxygens (including phenoxy) is 1. The number of aliphatic hydroxyl groups excluding tert-OH is 2. The Kier molecular flexibility index (Phi) is 18.1. The maximum absolute atomic E-state index is 14.9. The second-order valence-electron chi connectivity index (χ2n) is 21.2. The first-order valence-corrected chi connectivity index (χ1v) is 29.5. The zero-order valence-electron chi connectivity index (χ0n) is 45.2. The van der Waals surface area contributed by atoms with Gasteiger partial charge in [0.1, 0.15) is 28.8 Å². The van der Waals surface area contributed by atoms with Crippen molar-refractivity contribution in [2.24, 2.45) is 0 Å². The highest BCUT2D eigenvalue weighted by molar-refractivity contribution is 8.00. The smallest absolute Gasteiger partial charge is 0.253 e. The maximum atomic E-state index is 14.9. The van der Waals surface area contributed by atoms with E-state index < -0.39 is 40.3 Å². The Labute approximate surface area is 467 Å². The first-order valence-electron chi connectivity index (χ1n) is 26.8. The lowest BCUT2D eigenvalue weighted by atomic mass is 9.72. The fraction of sp³-hybridized carbons (Fsp3) is 0.556. The summed E-state index contributed by atoms with van der Waals surface area (Å²) in [5.41, 5.74) is 12.0. The summed E-state index contributed by atoms with van der Waals surface area (Å²) in [5.74, 6) is 1.65. The van der Waals surface area contributed by atoms with Gasteiger partial charge in [-0.15, -0.1) is 22.7 Å². The molecule has 416 valence electrons. The lowest BCUT2D eigenvalue weighted by molar-refractivity contribution is -0.142. The minimum atomic E-state index is -0.979. The molecular weight excluding hydrogens is 1050 g/mol. The Hall–Kier alpha value is -6.07. The van der Waals surface area contributed by atoms with Crippen molar-refractivity contribution in [3.8, 4) is 33.9 Å². The summed E-state index contributed by atoms with van der Waals surface area (Å²) in [4.78, 5) is 56.1. The van der Waals surface area contributed by atoms with Gasteiger partial charge >= 0.3 is 0 Å². The number of aliphatic hydroxyl groups is 2. The van der Waals surface area contributed by atoms with Crippen LogP contribution in [0.15, 0.2) is 52.8 Å². The normalized spacial score (nSPS) is 20.7. The number of nitrogen functional groups attached to an aromatic ring is 1. The number of nitrogens with zero attached hydrogens (tertiary/aromatic N) is 12.